The Morgan fingerprint density at radius 1 is 1.44 bits per heavy atom. The lowest BCUT2D eigenvalue weighted by Gasteiger charge is -1.99. The van der Waals surface area contributed by atoms with Crippen molar-refractivity contribution in [1.29, 1.82) is 0 Å². The molecule has 2 rings (SSSR count). The van der Waals surface area contributed by atoms with Crippen molar-refractivity contribution in [2.45, 2.75) is 6.92 Å². The molecule has 1 heterocycles. The smallest absolute Gasteiger partial charge is 0.163 e. The number of fused-ring (bicyclic) bond motifs is 1. The molecule has 0 fully saturated rings. The van der Waals surface area contributed by atoms with Gasteiger partial charge in [0.25, 0.3) is 0 Å². The molecule has 0 radical (unpaired) electrons. The fraction of sp³-hybridized carbons (Fsp3) is 0.167. The zero-order valence-electron chi connectivity index (χ0n) is 8.94. The second kappa shape index (κ2) is 4.06. The molecule has 2 aromatic rings. The van der Waals surface area contributed by atoms with Crippen molar-refractivity contribution in [3.8, 4) is 5.75 Å². The molecule has 0 saturated heterocycles. The molecule has 0 atom stereocenters. The largest absolute Gasteiger partial charge is 0.494 e. The van der Waals surface area contributed by atoms with Crippen molar-refractivity contribution < 1.29 is 14.3 Å². The van der Waals surface area contributed by atoms with Gasteiger partial charge >= 0.3 is 0 Å². The van der Waals surface area contributed by atoms with Crippen LogP contribution in [-0.2, 0) is 0 Å². The summed E-state index contributed by atoms with van der Waals surface area (Å²) in [6, 6.07) is 5.36. The number of ether oxygens (including phenoxy) is 1. The number of ketones is 1. The van der Waals surface area contributed by atoms with E-state index in [1.54, 1.807) is 12.1 Å². The van der Waals surface area contributed by atoms with Crippen LogP contribution in [0.3, 0.4) is 0 Å². The minimum Gasteiger partial charge on any atom is -0.494 e. The third-order valence-electron chi connectivity index (χ3n) is 2.39. The van der Waals surface area contributed by atoms with Crippen LogP contribution in [0, 0.1) is 0 Å². The van der Waals surface area contributed by atoms with Crippen LogP contribution < -0.4 is 4.74 Å². The number of carbonyl (C=O) groups is 2. The average Bonchev–Trinajstić information content (AvgIpc) is 2.65. The second-order valence-corrected chi connectivity index (χ2v) is 4.47. The molecule has 0 aliphatic rings. The Balaban J connectivity index is 2.75. The molecule has 0 spiro atoms. The molecule has 0 amide bonds. The third kappa shape index (κ3) is 1.61. The Labute approximate surface area is 96.6 Å². The zero-order chi connectivity index (χ0) is 11.7. The Morgan fingerprint density at radius 2 is 2.19 bits per heavy atom. The van der Waals surface area contributed by atoms with Gasteiger partial charge in [-0.2, -0.15) is 0 Å². The van der Waals surface area contributed by atoms with Crippen molar-refractivity contribution in [3.05, 3.63) is 28.6 Å². The second-order valence-electron chi connectivity index (χ2n) is 3.38. The van der Waals surface area contributed by atoms with Crippen LogP contribution >= 0.6 is 11.3 Å². The number of hydrogen-bond acceptors (Lipinski definition) is 4. The Hall–Kier alpha value is -1.68. The summed E-state index contributed by atoms with van der Waals surface area (Å²) in [6.07, 6.45) is 0.775. The number of rotatable bonds is 3. The van der Waals surface area contributed by atoms with E-state index in [4.69, 9.17) is 4.74 Å². The Morgan fingerprint density at radius 3 is 2.75 bits per heavy atom. The summed E-state index contributed by atoms with van der Waals surface area (Å²) in [5.41, 5.74) is 0.626. The predicted molar refractivity (Wildman–Crippen MR) is 63.8 cm³/mol. The van der Waals surface area contributed by atoms with Crippen molar-refractivity contribution in [3.63, 3.8) is 0 Å². The highest BCUT2D eigenvalue weighted by Gasteiger charge is 2.13. The molecule has 0 bridgehead atoms. The minimum atomic E-state index is 0.00260. The van der Waals surface area contributed by atoms with E-state index in [9.17, 15) is 9.59 Å². The van der Waals surface area contributed by atoms with Crippen LogP contribution in [0.15, 0.2) is 18.2 Å². The molecular formula is C12H10O3S. The highest BCUT2D eigenvalue weighted by Crippen LogP contribution is 2.37. The fourth-order valence-electron chi connectivity index (χ4n) is 1.60. The van der Waals surface area contributed by atoms with Gasteiger partial charge in [-0.3, -0.25) is 9.59 Å². The topological polar surface area (TPSA) is 43.4 Å². The molecule has 4 heteroatoms. The molecule has 16 heavy (non-hydrogen) atoms. The lowest BCUT2D eigenvalue weighted by atomic mass is 10.1. The van der Waals surface area contributed by atoms with E-state index in [1.165, 1.54) is 25.4 Å². The number of Topliss-reactive ketones (excluding diaryl/α,β-unsaturated/α-hetero) is 1. The Kier molecular flexibility index (Phi) is 2.75. The molecule has 3 nitrogen and oxygen atoms in total. The van der Waals surface area contributed by atoms with Crippen LogP contribution in [0.2, 0.25) is 0 Å². The summed E-state index contributed by atoms with van der Waals surface area (Å²) >= 11 is 1.36. The first-order valence-corrected chi connectivity index (χ1v) is 5.55. The van der Waals surface area contributed by atoms with Crippen LogP contribution in [0.4, 0.5) is 0 Å². The standard InChI is InChI=1S/C12H10O3S/c1-7(14)8-3-4-10-9(5-8)12(15-2)11(6-13)16-10/h3-6H,1-2H3. The van der Waals surface area contributed by atoms with Crippen molar-refractivity contribution >= 4 is 33.5 Å². The van der Waals surface area contributed by atoms with Crippen LogP contribution in [0.25, 0.3) is 10.1 Å². The van der Waals surface area contributed by atoms with E-state index >= 15 is 0 Å². The van der Waals surface area contributed by atoms with Gasteiger partial charge in [0.15, 0.2) is 12.1 Å². The highest BCUT2D eigenvalue weighted by atomic mass is 32.1. The first-order valence-electron chi connectivity index (χ1n) is 4.74. The third-order valence-corrected chi connectivity index (χ3v) is 3.46. The summed E-state index contributed by atoms with van der Waals surface area (Å²) in [6.45, 7) is 1.51. The maximum atomic E-state index is 11.3. The minimum absolute atomic E-state index is 0.00260. The van der Waals surface area contributed by atoms with Gasteiger partial charge in [0.1, 0.15) is 10.6 Å². The Bertz CT molecular complexity index is 569. The van der Waals surface area contributed by atoms with E-state index < -0.39 is 0 Å². The first kappa shape index (κ1) is 10.8. The fourth-order valence-corrected chi connectivity index (χ4v) is 2.57. The number of benzene rings is 1. The van der Waals surface area contributed by atoms with Gasteiger partial charge < -0.3 is 4.74 Å². The van der Waals surface area contributed by atoms with Gasteiger partial charge in [0.2, 0.25) is 0 Å². The molecule has 82 valence electrons. The van der Waals surface area contributed by atoms with E-state index in [2.05, 4.69) is 0 Å². The average molecular weight is 234 g/mol. The molecule has 0 aliphatic heterocycles. The molecule has 1 aromatic heterocycles. The summed E-state index contributed by atoms with van der Waals surface area (Å²) in [4.78, 5) is 22.7. The number of hydrogen-bond donors (Lipinski definition) is 0. The van der Waals surface area contributed by atoms with Gasteiger partial charge in [-0.05, 0) is 25.1 Å². The van der Waals surface area contributed by atoms with E-state index in [0.717, 1.165) is 16.4 Å². The van der Waals surface area contributed by atoms with Crippen LogP contribution in [0.1, 0.15) is 27.0 Å². The number of carbonyl (C=O) groups excluding carboxylic acids is 2. The zero-order valence-corrected chi connectivity index (χ0v) is 9.76. The molecule has 0 unspecified atom stereocenters. The summed E-state index contributed by atoms with van der Waals surface area (Å²) < 4.78 is 6.14. The van der Waals surface area contributed by atoms with E-state index in [-0.39, 0.29) is 5.78 Å². The van der Waals surface area contributed by atoms with Gasteiger partial charge in [0.05, 0.1) is 7.11 Å². The van der Waals surface area contributed by atoms with Gasteiger partial charge in [-0.1, -0.05) is 0 Å². The van der Waals surface area contributed by atoms with Gasteiger partial charge in [-0.15, -0.1) is 11.3 Å². The molecule has 1 aromatic carbocycles. The monoisotopic (exact) mass is 234 g/mol. The molecule has 0 aliphatic carbocycles. The van der Waals surface area contributed by atoms with E-state index in [1.807, 2.05) is 6.07 Å². The van der Waals surface area contributed by atoms with Gasteiger partial charge in [-0.25, -0.2) is 0 Å². The normalized spacial score (nSPS) is 10.4. The lowest BCUT2D eigenvalue weighted by molar-refractivity contribution is 0.101. The van der Waals surface area contributed by atoms with Crippen molar-refractivity contribution in [1.82, 2.24) is 0 Å². The maximum Gasteiger partial charge on any atom is 0.163 e. The number of methoxy groups -OCH3 is 1. The lowest BCUT2D eigenvalue weighted by Crippen LogP contribution is -1.91. The first-order chi connectivity index (χ1) is 7.67. The van der Waals surface area contributed by atoms with Crippen molar-refractivity contribution in [2.24, 2.45) is 0 Å². The number of aldehydes is 1. The SMILES string of the molecule is COc1c(C=O)sc2ccc(C(C)=O)cc12. The quantitative estimate of drug-likeness (QED) is 0.605. The van der Waals surface area contributed by atoms with E-state index in [0.29, 0.717) is 16.2 Å². The van der Waals surface area contributed by atoms with Crippen LogP contribution in [0.5, 0.6) is 5.75 Å². The van der Waals surface area contributed by atoms with Crippen molar-refractivity contribution in [2.75, 3.05) is 7.11 Å². The number of thiophene rings is 1. The molecule has 0 saturated carbocycles. The predicted octanol–water partition coefficient (Wildman–Crippen LogP) is 2.93. The highest BCUT2D eigenvalue weighted by molar-refractivity contribution is 7.21. The molecular weight excluding hydrogens is 224 g/mol. The van der Waals surface area contributed by atoms with Gasteiger partial charge in [0, 0.05) is 15.6 Å². The summed E-state index contributed by atoms with van der Waals surface area (Å²) in [5, 5.41) is 0.822. The maximum absolute atomic E-state index is 11.3. The summed E-state index contributed by atoms with van der Waals surface area (Å²) in [7, 11) is 1.52. The molecule has 0 N–H and O–H groups in total. The summed E-state index contributed by atoms with van der Waals surface area (Å²) in [5.74, 6) is 0.556. The van der Waals surface area contributed by atoms with Crippen LogP contribution in [-0.4, -0.2) is 19.2 Å².